The minimum absolute atomic E-state index is 0.477. The van der Waals surface area contributed by atoms with Gasteiger partial charge in [0.25, 0.3) is 5.91 Å². The second kappa shape index (κ2) is 5.77. The molecule has 0 unspecified atom stereocenters. The number of amides is 1. The van der Waals surface area contributed by atoms with E-state index in [1.807, 2.05) is 6.07 Å². The van der Waals surface area contributed by atoms with Crippen LogP contribution < -0.4 is 0 Å². The molecule has 2 aromatic carbocycles. The lowest BCUT2D eigenvalue weighted by molar-refractivity contribution is -0.174. The van der Waals surface area contributed by atoms with Crippen molar-refractivity contribution in [1.82, 2.24) is 4.90 Å². The molecule has 0 saturated carbocycles. The fourth-order valence-electron chi connectivity index (χ4n) is 3.28. The second-order valence-corrected chi connectivity index (χ2v) is 5.83. The van der Waals surface area contributed by atoms with E-state index in [1.165, 1.54) is 7.05 Å². The Labute approximate surface area is 134 Å². The van der Waals surface area contributed by atoms with E-state index in [1.54, 1.807) is 54.6 Å². The van der Waals surface area contributed by atoms with Gasteiger partial charge in [-0.15, -0.1) is 0 Å². The van der Waals surface area contributed by atoms with Crippen LogP contribution in [0.4, 0.5) is 0 Å². The number of rotatable bonds is 3. The molecule has 4 atom stereocenters. The van der Waals surface area contributed by atoms with Gasteiger partial charge in [-0.2, -0.15) is 0 Å². The first kappa shape index (κ1) is 15.7. The third-order valence-electron chi connectivity index (χ3n) is 4.57. The smallest absolute Gasteiger partial charge is 0.254 e. The molecule has 5 nitrogen and oxygen atoms in total. The van der Waals surface area contributed by atoms with E-state index in [9.17, 15) is 20.1 Å². The molecule has 1 aliphatic heterocycles. The quantitative estimate of drug-likeness (QED) is 0.790. The molecule has 0 aliphatic carbocycles. The van der Waals surface area contributed by atoms with Crippen molar-refractivity contribution >= 4 is 5.91 Å². The van der Waals surface area contributed by atoms with E-state index in [2.05, 4.69) is 0 Å². The molecule has 1 fully saturated rings. The molecule has 3 N–H and O–H groups in total. The third kappa shape index (κ3) is 2.34. The number of nitrogens with zero attached hydrogens (tertiary/aromatic N) is 1. The Hall–Kier alpha value is -2.21. The van der Waals surface area contributed by atoms with Crippen molar-refractivity contribution < 1.29 is 20.1 Å². The fraction of sp³-hybridized carbons (Fsp3) is 0.278. The molecule has 2 aromatic rings. The van der Waals surface area contributed by atoms with Crippen LogP contribution >= 0.6 is 0 Å². The Morgan fingerprint density at radius 2 is 1.57 bits per heavy atom. The van der Waals surface area contributed by atoms with Crippen molar-refractivity contribution in [2.75, 3.05) is 7.05 Å². The van der Waals surface area contributed by atoms with Gasteiger partial charge in [0.2, 0.25) is 0 Å². The zero-order chi connectivity index (χ0) is 16.6. The number of aliphatic hydroxyl groups excluding tert-OH is 2. The molecule has 120 valence electrons. The highest BCUT2D eigenvalue weighted by molar-refractivity contribution is 5.86. The van der Waals surface area contributed by atoms with Gasteiger partial charge in [-0.25, -0.2) is 0 Å². The highest BCUT2D eigenvalue weighted by Crippen LogP contribution is 2.47. The summed E-state index contributed by atoms with van der Waals surface area (Å²) in [6.45, 7) is 0. The molecule has 1 aliphatic rings. The first-order valence-corrected chi connectivity index (χ1v) is 7.44. The summed E-state index contributed by atoms with van der Waals surface area (Å²) in [6.07, 6.45) is -2.76. The summed E-state index contributed by atoms with van der Waals surface area (Å²) < 4.78 is 0. The van der Waals surface area contributed by atoms with Gasteiger partial charge in [0.15, 0.2) is 5.72 Å². The summed E-state index contributed by atoms with van der Waals surface area (Å²) in [4.78, 5) is 13.3. The topological polar surface area (TPSA) is 81.0 Å². The fourth-order valence-corrected chi connectivity index (χ4v) is 3.28. The van der Waals surface area contributed by atoms with Crippen LogP contribution in [0.2, 0.25) is 0 Å². The summed E-state index contributed by atoms with van der Waals surface area (Å²) in [7, 11) is 1.39. The molecule has 1 saturated heterocycles. The van der Waals surface area contributed by atoms with Crippen LogP contribution in [-0.2, 0) is 4.79 Å². The molecule has 23 heavy (non-hydrogen) atoms. The van der Waals surface area contributed by atoms with E-state index in [4.69, 9.17) is 0 Å². The summed E-state index contributed by atoms with van der Waals surface area (Å²) in [5, 5.41) is 32.3. The minimum Gasteiger partial charge on any atom is -0.383 e. The maximum absolute atomic E-state index is 12.2. The van der Waals surface area contributed by atoms with E-state index >= 15 is 0 Å². The average Bonchev–Trinajstić information content (AvgIpc) is 2.77. The number of carbonyl (C=O) groups is 1. The van der Waals surface area contributed by atoms with Crippen LogP contribution in [0, 0.1) is 0 Å². The first-order valence-electron chi connectivity index (χ1n) is 7.44. The van der Waals surface area contributed by atoms with E-state index in [0.29, 0.717) is 11.1 Å². The van der Waals surface area contributed by atoms with E-state index in [0.717, 1.165) is 4.90 Å². The SMILES string of the molecule is CN1C(=O)[C@H](O)[C@@H](c2ccccc2)[C@@]1(O)[C@H](O)c1ccccc1. The van der Waals surface area contributed by atoms with Crippen molar-refractivity contribution in [1.29, 1.82) is 0 Å². The molecule has 3 rings (SSSR count). The third-order valence-corrected chi connectivity index (χ3v) is 4.57. The predicted octanol–water partition coefficient (Wildman–Crippen LogP) is 1.03. The standard InChI is InChI=1S/C18H19NO4/c1-19-17(22)15(20)14(12-8-4-2-5-9-12)18(19,23)16(21)13-10-6-3-7-11-13/h2-11,14-16,20-21,23H,1H3/t14-,15-,16-,18-/m1/s1. The summed E-state index contributed by atoms with van der Waals surface area (Å²) in [6, 6.07) is 17.4. The summed E-state index contributed by atoms with van der Waals surface area (Å²) in [5.74, 6) is -1.56. The van der Waals surface area contributed by atoms with Gasteiger partial charge in [0, 0.05) is 7.05 Å². The Kier molecular flexibility index (Phi) is 3.93. The maximum atomic E-state index is 12.2. The average molecular weight is 313 g/mol. The van der Waals surface area contributed by atoms with Crippen molar-refractivity contribution in [2.45, 2.75) is 23.9 Å². The highest BCUT2D eigenvalue weighted by atomic mass is 16.4. The Morgan fingerprint density at radius 3 is 2.13 bits per heavy atom. The Morgan fingerprint density at radius 1 is 1.04 bits per heavy atom. The monoisotopic (exact) mass is 313 g/mol. The van der Waals surface area contributed by atoms with Crippen LogP contribution in [0.1, 0.15) is 23.1 Å². The molecule has 0 aromatic heterocycles. The normalized spacial score (nSPS) is 28.9. The van der Waals surface area contributed by atoms with Gasteiger partial charge in [0.05, 0.1) is 5.92 Å². The van der Waals surface area contributed by atoms with E-state index < -0.39 is 29.8 Å². The molecular formula is C18H19NO4. The largest absolute Gasteiger partial charge is 0.383 e. The Balaban J connectivity index is 2.11. The first-order chi connectivity index (χ1) is 11.0. The van der Waals surface area contributed by atoms with Gasteiger partial charge in [-0.1, -0.05) is 60.7 Å². The zero-order valence-corrected chi connectivity index (χ0v) is 12.7. The highest BCUT2D eigenvalue weighted by Gasteiger charge is 2.60. The number of likely N-dealkylation sites (tertiary alicyclic amines) is 1. The number of hydrogen-bond acceptors (Lipinski definition) is 4. The number of hydrogen-bond donors (Lipinski definition) is 3. The number of likely N-dealkylation sites (N-methyl/N-ethyl adjacent to an activating group) is 1. The predicted molar refractivity (Wildman–Crippen MR) is 84.3 cm³/mol. The van der Waals surface area contributed by atoms with Crippen molar-refractivity contribution in [2.24, 2.45) is 0 Å². The van der Waals surface area contributed by atoms with Gasteiger partial charge in [-0.3, -0.25) is 4.79 Å². The summed E-state index contributed by atoms with van der Waals surface area (Å²) >= 11 is 0. The van der Waals surface area contributed by atoms with E-state index in [-0.39, 0.29) is 0 Å². The molecule has 5 heteroatoms. The van der Waals surface area contributed by atoms with Gasteiger partial charge < -0.3 is 20.2 Å². The molecule has 1 heterocycles. The lowest BCUT2D eigenvalue weighted by Gasteiger charge is -2.39. The van der Waals surface area contributed by atoms with Gasteiger partial charge in [-0.05, 0) is 11.1 Å². The second-order valence-electron chi connectivity index (χ2n) is 5.83. The Bertz CT molecular complexity index is 691. The van der Waals surface area contributed by atoms with Gasteiger partial charge in [0.1, 0.15) is 12.2 Å². The number of benzene rings is 2. The zero-order valence-electron chi connectivity index (χ0n) is 12.7. The van der Waals surface area contributed by atoms with Crippen molar-refractivity contribution in [3.05, 3.63) is 71.8 Å². The van der Waals surface area contributed by atoms with Crippen LogP contribution in [0.5, 0.6) is 0 Å². The number of aliphatic hydroxyl groups is 3. The maximum Gasteiger partial charge on any atom is 0.254 e. The van der Waals surface area contributed by atoms with Crippen molar-refractivity contribution in [3.63, 3.8) is 0 Å². The summed E-state index contributed by atoms with van der Waals surface area (Å²) in [5.41, 5.74) is -0.862. The van der Waals surface area contributed by atoms with Crippen LogP contribution in [-0.4, -0.2) is 45.0 Å². The van der Waals surface area contributed by atoms with Crippen LogP contribution in [0.15, 0.2) is 60.7 Å². The molecule has 0 radical (unpaired) electrons. The van der Waals surface area contributed by atoms with Gasteiger partial charge >= 0.3 is 0 Å². The minimum atomic E-state index is -1.93. The number of carbonyl (C=O) groups excluding carboxylic acids is 1. The molecule has 0 bridgehead atoms. The van der Waals surface area contributed by atoms with Crippen LogP contribution in [0.3, 0.4) is 0 Å². The molecule has 0 spiro atoms. The lowest BCUT2D eigenvalue weighted by Crippen LogP contribution is -2.51. The molecular weight excluding hydrogens is 294 g/mol. The lowest BCUT2D eigenvalue weighted by atomic mass is 9.81. The van der Waals surface area contributed by atoms with Crippen LogP contribution in [0.25, 0.3) is 0 Å². The van der Waals surface area contributed by atoms with Crippen molar-refractivity contribution in [3.8, 4) is 0 Å². The molecule has 1 amide bonds.